The highest BCUT2D eigenvalue weighted by Crippen LogP contribution is 2.54. The average Bonchev–Trinajstić information content (AvgIpc) is 3.39. The smallest absolute Gasteiger partial charge is 0.297 e. The number of ether oxygens (including phenoxy) is 2. The van der Waals surface area contributed by atoms with Gasteiger partial charge in [-0.25, -0.2) is 9.67 Å². The standard InChI is InChI=1S/C21H22ClF2N5O2S/c1-12-6-20(19-14(5-17(22)32-19)21(23,24)11-31-20)7-15(26-12)16-10-29(28-27-16)9-13-3-4-18(30-2)25-8-13/h3-5,8,10,12,15,26H,6-7,9,11H2,1-2H3/t12-,15-,20-/m0/s1. The van der Waals surface area contributed by atoms with Gasteiger partial charge in [0.05, 0.1) is 35.9 Å². The Bertz CT molecular complexity index is 1120. The molecule has 11 heteroatoms. The van der Waals surface area contributed by atoms with Crippen LogP contribution < -0.4 is 10.1 Å². The molecule has 1 fully saturated rings. The largest absolute Gasteiger partial charge is 0.481 e. The van der Waals surface area contributed by atoms with Crippen molar-refractivity contribution in [3.63, 3.8) is 0 Å². The van der Waals surface area contributed by atoms with Crippen molar-refractivity contribution in [3.8, 4) is 5.88 Å². The summed E-state index contributed by atoms with van der Waals surface area (Å²) < 4.78 is 42.0. The molecule has 0 amide bonds. The lowest BCUT2D eigenvalue weighted by Gasteiger charge is -2.47. The fourth-order valence-electron chi connectivity index (χ4n) is 4.57. The number of aromatic nitrogens is 4. The number of halogens is 3. The first-order chi connectivity index (χ1) is 15.3. The van der Waals surface area contributed by atoms with E-state index in [0.717, 1.165) is 11.3 Å². The van der Waals surface area contributed by atoms with Crippen LogP contribution in [0.4, 0.5) is 8.78 Å². The second-order valence-electron chi connectivity index (χ2n) is 8.36. The molecule has 0 saturated carbocycles. The van der Waals surface area contributed by atoms with E-state index < -0.39 is 18.1 Å². The molecule has 170 valence electrons. The predicted molar refractivity (Wildman–Crippen MR) is 115 cm³/mol. The summed E-state index contributed by atoms with van der Waals surface area (Å²) in [6, 6.07) is 4.93. The Hall–Kier alpha value is -2.14. The van der Waals surface area contributed by atoms with Gasteiger partial charge in [0, 0.05) is 35.2 Å². The third-order valence-corrected chi connectivity index (χ3v) is 7.41. The zero-order valence-corrected chi connectivity index (χ0v) is 19.1. The first-order valence-corrected chi connectivity index (χ1v) is 11.4. The van der Waals surface area contributed by atoms with Gasteiger partial charge in [-0.2, -0.15) is 8.78 Å². The van der Waals surface area contributed by atoms with Gasteiger partial charge in [-0.3, -0.25) is 0 Å². The maximum atomic E-state index is 14.5. The fourth-order valence-corrected chi connectivity index (χ4v) is 6.01. The van der Waals surface area contributed by atoms with E-state index in [9.17, 15) is 8.78 Å². The van der Waals surface area contributed by atoms with Gasteiger partial charge in [0.25, 0.3) is 5.92 Å². The van der Waals surface area contributed by atoms with Crippen molar-refractivity contribution in [2.75, 3.05) is 13.7 Å². The molecule has 5 heterocycles. The Morgan fingerprint density at radius 2 is 2.22 bits per heavy atom. The van der Waals surface area contributed by atoms with Gasteiger partial charge >= 0.3 is 0 Å². The second-order valence-corrected chi connectivity index (χ2v) is 10.0. The molecule has 3 aromatic heterocycles. The maximum absolute atomic E-state index is 14.5. The van der Waals surface area contributed by atoms with Crippen LogP contribution >= 0.6 is 22.9 Å². The van der Waals surface area contributed by atoms with Crippen molar-refractivity contribution in [2.24, 2.45) is 0 Å². The number of rotatable bonds is 4. The van der Waals surface area contributed by atoms with E-state index in [-0.39, 0.29) is 17.6 Å². The van der Waals surface area contributed by atoms with Crippen LogP contribution in [0.25, 0.3) is 0 Å². The third-order valence-electron chi connectivity index (χ3n) is 5.96. The number of piperidine rings is 1. The molecule has 1 N–H and O–H groups in total. The van der Waals surface area contributed by atoms with Gasteiger partial charge in [-0.1, -0.05) is 22.9 Å². The SMILES string of the molecule is COc1ccc(Cn2cc([C@@H]3C[C@]4(C[C@H](C)N3)OCC(F)(F)c3cc(Cl)sc34)nn2)cn1. The Labute approximate surface area is 192 Å². The number of pyridine rings is 1. The normalized spacial score (nSPS) is 26.8. The number of hydrogen-bond donors (Lipinski definition) is 1. The summed E-state index contributed by atoms with van der Waals surface area (Å²) in [5, 5.41) is 12.1. The van der Waals surface area contributed by atoms with E-state index in [2.05, 4.69) is 20.6 Å². The molecule has 3 atom stereocenters. The van der Waals surface area contributed by atoms with Crippen molar-refractivity contribution < 1.29 is 18.3 Å². The minimum Gasteiger partial charge on any atom is -0.481 e. The van der Waals surface area contributed by atoms with E-state index in [1.165, 1.54) is 17.4 Å². The zero-order chi connectivity index (χ0) is 22.5. The number of thiophene rings is 1. The average molecular weight is 482 g/mol. The second kappa shape index (κ2) is 8.02. The number of nitrogens with zero attached hydrogens (tertiary/aromatic N) is 4. The number of nitrogens with one attached hydrogen (secondary N) is 1. The molecule has 2 aliphatic rings. The van der Waals surface area contributed by atoms with Gasteiger partial charge in [0.1, 0.15) is 12.2 Å². The molecule has 0 bridgehead atoms. The topological polar surface area (TPSA) is 74.1 Å². The Morgan fingerprint density at radius 3 is 2.97 bits per heavy atom. The zero-order valence-electron chi connectivity index (χ0n) is 17.5. The number of alkyl halides is 2. The summed E-state index contributed by atoms with van der Waals surface area (Å²) in [5.41, 5.74) is 0.859. The van der Waals surface area contributed by atoms with Crippen LogP contribution in [-0.2, 0) is 22.8 Å². The Kier molecular flexibility index (Phi) is 5.43. The number of hydrogen-bond acceptors (Lipinski definition) is 7. The van der Waals surface area contributed by atoms with Crippen LogP contribution in [0.2, 0.25) is 4.34 Å². The highest BCUT2D eigenvalue weighted by molar-refractivity contribution is 7.16. The van der Waals surface area contributed by atoms with Crippen molar-refractivity contribution in [1.82, 2.24) is 25.3 Å². The lowest BCUT2D eigenvalue weighted by molar-refractivity contribution is -0.183. The molecule has 1 saturated heterocycles. The molecule has 7 nitrogen and oxygen atoms in total. The van der Waals surface area contributed by atoms with E-state index >= 15 is 0 Å². The molecule has 2 aliphatic heterocycles. The quantitative estimate of drug-likeness (QED) is 0.599. The molecule has 0 unspecified atom stereocenters. The van der Waals surface area contributed by atoms with Crippen LogP contribution in [0.1, 0.15) is 47.5 Å². The first-order valence-electron chi connectivity index (χ1n) is 10.2. The van der Waals surface area contributed by atoms with Crippen molar-refractivity contribution in [2.45, 2.75) is 49.9 Å². The molecular weight excluding hydrogens is 460 g/mol. The molecule has 1 spiro atoms. The summed E-state index contributed by atoms with van der Waals surface area (Å²) in [7, 11) is 1.57. The maximum Gasteiger partial charge on any atom is 0.297 e. The molecule has 0 aromatic carbocycles. The summed E-state index contributed by atoms with van der Waals surface area (Å²) in [6.07, 6.45) is 4.65. The third kappa shape index (κ3) is 3.89. The molecule has 5 rings (SSSR count). The summed E-state index contributed by atoms with van der Waals surface area (Å²) in [6.45, 7) is 1.88. The Balaban J connectivity index is 1.40. The van der Waals surface area contributed by atoms with Gasteiger partial charge < -0.3 is 14.8 Å². The van der Waals surface area contributed by atoms with E-state index in [1.54, 1.807) is 24.1 Å². The van der Waals surface area contributed by atoms with Crippen LogP contribution in [0.5, 0.6) is 5.88 Å². The fraction of sp³-hybridized carbons (Fsp3) is 0.476. The van der Waals surface area contributed by atoms with Crippen LogP contribution in [0, 0.1) is 0 Å². The van der Waals surface area contributed by atoms with Crippen LogP contribution in [0.15, 0.2) is 30.6 Å². The van der Waals surface area contributed by atoms with Crippen molar-refractivity contribution in [3.05, 3.63) is 56.6 Å². The Morgan fingerprint density at radius 1 is 1.38 bits per heavy atom. The molecule has 0 radical (unpaired) electrons. The van der Waals surface area contributed by atoms with Crippen LogP contribution in [0.3, 0.4) is 0 Å². The molecular formula is C21H22ClF2N5O2S. The first kappa shape index (κ1) is 21.7. The van der Waals surface area contributed by atoms with E-state index in [1.807, 2.05) is 19.2 Å². The highest BCUT2D eigenvalue weighted by Gasteiger charge is 2.53. The number of fused-ring (bicyclic) bond motifs is 2. The minimum atomic E-state index is -3.04. The van der Waals surface area contributed by atoms with Gasteiger partial charge in [-0.15, -0.1) is 16.4 Å². The molecule has 0 aliphatic carbocycles. The minimum absolute atomic E-state index is 0.0118. The van der Waals surface area contributed by atoms with Crippen LogP contribution in [-0.4, -0.2) is 39.7 Å². The lowest BCUT2D eigenvalue weighted by atomic mass is 9.78. The predicted octanol–water partition coefficient (Wildman–Crippen LogP) is 4.28. The highest BCUT2D eigenvalue weighted by atomic mass is 35.5. The monoisotopic (exact) mass is 481 g/mol. The van der Waals surface area contributed by atoms with Gasteiger partial charge in [0.15, 0.2) is 0 Å². The van der Waals surface area contributed by atoms with E-state index in [4.69, 9.17) is 21.1 Å². The molecule has 32 heavy (non-hydrogen) atoms. The van der Waals surface area contributed by atoms with Gasteiger partial charge in [-0.05, 0) is 25.0 Å². The molecule has 3 aromatic rings. The van der Waals surface area contributed by atoms with Crippen molar-refractivity contribution in [1.29, 1.82) is 0 Å². The summed E-state index contributed by atoms with van der Waals surface area (Å²) >= 11 is 7.33. The van der Waals surface area contributed by atoms with E-state index in [0.29, 0.717) is 34.5 Å². The van der Waals surface area contributed by atoms with Crippen molar-refractivity contribution >= 4 is 22.9 Å². The summed E-state index contributed by atoms with van der Waals surface area (Å²) in [5.74, 6) is -2.49. The lowest BCUT2D eigenvalue weighted by Crippen LogP contribution is -2.51. The summed E-state index contributed by atoms with van der Waals surface area (Å²) in [4.78, 5) is 4.73. The van der Waals surface area contributed by atoms with Gasteiger partial charge in [0.2, 0.25) is 5.88 Å². The number of methoxy groups -OCH3 is 1.